The number of benzene rings is 1. The number of oxime groups is 1. The van der Waals surface area contributed by atoms with Gasteiger partial charge in [0.2, 0.25) is 5.91 Å². The Morgan fingerprint density at radius 3 is 2.59 bits per heavy atom. The summed E-state index contributed by atoms with van der Waals surface area (Å²) < 4.78 is 68.2. The Hall–Kier alpha value is -2.71. The smallest absolute Gasteiger partial charge is 0.394 e. The molecule has 1 fully saturated rings. The lowest BCUT2D eigenvalue weighted by Crippen LogP contribution is -2.34. The number of rotatable bonds is 6. The Labute approximate surface area is 164 Å². The van der Waals surface area contributed by atoms with Gasteiger partial charge in [-0.1, -0.05) is 23.4 Å². The first-order chi connectivity index (χ1) is 13.8. The predicted molar refractivity (Wildman–Crippen MR) is 95.8 cm³/mol. The fourth-order valence-electron chi connectivity index (χ4n) is 2.80. The van der Waals surface area contributed by atoms with Gasteiger partial charge >= 0.3 is 6.18 Å². The molecule has 2 aliphatic carbocycles. The number of allylic oxidation sites excluding steroid dienone is 3. The molecule has 0 unspecified atom stereocenters. The number of nitrogens with one attached hydrogen (secondary N) is 1. The number of nitrogens with zero attached hydrogens (tertiary/aromatic N) is 1. The maximum Gasteiger partial charge on any atom is 0.417 e. The second-order valence-electron chi connectivity index (χ2n) is 6.94. The lowest BCUT2D eigenvalue weighted by molar-refractivity contribution is -0.138. The van der Waals surface area contributed by atoms with Gasteiger partial charge in [-0.3, -0.25) is 4.79 Å². The van der Waals surface area contributed by atoms with Crippen molar-refractivity contribution in [2.45, 2.75) is 38.3 Å². The molecule has 156 valence electrons. The van der Waals surface area contributed by atoms with Gasteiger partial charge in [-0.25, -0.2) is 8.78 Å². The third-order valence-corrected chi connectivity index (χ3v) is 4.49. The van der Waals surface area contributed by atoms with Crippen molar-refractivity contribution in [3.8, 4) is 0 Å². The van der Waals surface area contributed by atoms with Gasteiger partial charge in [0.15, 0.2) is 17.5 Å². The van der Waals surface area contributed by atoms with Crippen LogP contribution in [0.4, 0.5) is 22.0 Å². The molecule has 1 N–H and O–H groups in total. The van der Waals surface area contributed by atoms with E-state index in [0.29, 0.717) is 17.7 Å². The average Bonchev–Trinajstić information content (AvgIpc) is 3.47. The molecule has 0 bridgehead atoms. The highest BCUT2D eigenvalue weighted by atomic mass is 19.4. The standard InChI is InChI=1S/C20H19F5N2O2/c21-15-9-8-14(20(23,24)25)17(18(15)22)19(27-29-11-13-6-7-13)26-16(28)10-12-4-2-1-3-5-12/h2,4-5,8-9,13H,1,3,6-7,10-11H2,(H,26,27,28). The Bertz CT molecular complexity index is 870. The van der Waals surface area contributed by atoms with Crippen LogP contribution in [0.2, 0.25) is 0 Å². The molecule has 0 radical (unpaired) electrons. The van der Waals surface area contributed by atoms with E-state index < -0.39 is 40.7 Å². The maximum atomic E-state index is 14.4. The highest BCUT2D eigenvalue weighted by molar-refractivity contribution is 6.09. The first kappa shape index (κ1) is 21.0. The molecule has 1 aromatic rings. The molecule has 1 saturated carbocycles. The third-order valence-electron chi connectivity index (χ3n) is 4.49. The number of hydrogen-bond donors (Lipinski definition) is 1. The molecule has 2 aliphatic rings. The molecule has 0 heterocycles. The van der Waals surface area contributed by atoms with E-state index in [2.05, 4.69) is 10.5 Å². The van der Waals surface area contributed by atoms with Gasteiger partial charge in [0, 0.05) is 0 Å². The summed E-state index contributed by atoms with van der Waals surface area (Å²) in [5.74, 6) is -4.55. The Morgan fingerprint density at radius 2 is 1.97 bits per heavy atom. The van der Waals surface area contributed by atoms with Gasteiger partial charge in [-0.05, 0) is 49.3 Å². The molecule has 0 aromatic heterocycles. The number of amides is 1. The molecular weight excluding hydrogens is 395 g/mol. The number of hydrogen-bond acceptors (Lipinski definition) is 3. The van der Waals surface area contributed by atoms with Crippen LogP contribution in [-0.4, -0.2) is 18.3 Å². The summed E-state index contributed by atoms with van der Waals surface area (Å²) >= 11 is 0. The minimum Gasteiger partial charge on any atom is -0.394 e. The lowest BCUT2D eigenvalue weighted by Gasteiger charge is -2.16. The molecule has 0 atom stereocenters. The van der Waals surface area contributed by atoms with E-state index >= 15 is 0 Å². The summed E-state index contributed by atoms with van der Waals surface area (Å²) in [6, 6.07) is 0.784. The van der Waals surface area contributed by atoms with Crippen LogP contribution in [0.25, 0.3) is 0 Å². The van der Waals surface area contributed by atoms with E-state index in [1.807, 2.05) is 12.2 Å². The SMILES string of the molecule is O=C(CC1=CCCC=C1)N/C(=N\OCC1CC1)c1c(C(F)(F)F)ccc(F)c1F. The molecule has 1 amide bonds. The van der Waals surface area contributed by atoms with Crippen LogP contribution >= 0.6 is 0 Å². The summed E-state index contributed by atoms with van der Waals surface area (Å²) in [4.78, 5) is 17.4. The van der Waals surface area contributed by atoms with E-state index in [-0.39, 0.29) is 18.9 Å². The van der Waals surface area contributed by atoms with Crippen LogP contribution in [0.1, 0.15) is 43.2 Å². The molecular formula is C20H19F5N2O2. The molecule has 29 heavy (non-hydrogen) atoms. The molecule has 4 nitrogen and oxygen atoms in total. The van der Waals surface area contributed by atoms with E-state index in [1.165, 1.54) is 0 Å². The maximum absolute atomic E-state index is 14.4. The number of alkyl halides is 3. The number of carbonyl (C=O) groups excluding carboxylic acids is 1. The fourth-order valence-corrected chi connectivity index (χ4v) is 2.80. The quantitative estimate of drug-likeness (QED) is 0.313. The van der Waals surface area contributed by atoms with Gasteiger partial charge in [-0.2, -0.15) is 13.2 Å². The summed E-state index contributed by atoms with van der Waals surface area (Å²) in [5.41, 5.74) is -1.97. The van der Waals surface area contributed by atoms with Crippen molar-refractivity contribution < 1.29 is 31.6 Å². The largest absolute Gasteiger partial charge is 0.417 e. The second kappa shape index (κ2) is 8.75. The molecule has 9 heteroatoms. The Morgan fingerprint density at radius 1 is 1.21 bits per heavy atom. The van der Waals surface area contributed by atoms with Gasteiger partial charge in [0.25, 0.3) is 0 Å². The van der Waals surface area contributed by atoms with Crippen molar-refractivity contribution in [3.63, 3.8) is 0 Å². The van der Waals surface area contributed by atoms with Gasteiger partial charge in [0.05, 0.1) is 17.5 Å². The summed E-state index contributed by atoms with van der Waals surface area (Å²) in [5, 5.41) is 5.68. The molecule has 3 rings (SSSR count). The van der Waals surface area contributed by atoms with Gasteiger partial charge in [0.1, 0.15) is 6.61 Å². The minimum atomic E-state index is -4.99. The van der Waals surface area contributed by atoms with Gasteiger partial charge < -0.3 is 10.2 Å². The Balaban J connectivity index is 1.91. The van der Waals surface area contributed by atoms with Crippen LogP contribution in [0.15, 0.2) is 41.1 Å². The van der Waals surface area contributed by atoms with Crippen molar-refractivity contribution in [3.05, 3.63) is 58.7 Å². The fraction of sp³-hybridized carbons (Fsp3) is 0.400. The van der Waals surface area contributed by atoms with Crippen molar-refractivity contribution in [1.29, 1.82) is 0 Å². The van der Waals surface area contributed by atoms with Crippen LogP contribution in [0.3, 0.4) is 0 Å². The van der Waals surface area contributed by atoms with Gasteiger partial charge in [-0.15, -0.1) is 0 Å². The van der Waals surface area contributed by atoms with Crippen molar-refractivity contribution in [1.82, 2.24) is 5.32 Å². The van der Waals surface area contributed by atoms with Crippen molar-refractivity contribution in [2.75, 3.05) is 6.61 Å². The normalized spacial score (nSPS) is 17.1. The number of halogens is 5. The van der Waals surface area contributed by atoms with Crippen molar-refractivity contribution in [2.24, 2.45) is 11.1 Å². The average molecular weight is 414 g/mol. The minimum absolute atomic E-state index is 0.117. The van der Waals surface area contributed by atoms with Crippen molar-refractivity contribution >= 4 is 11.7 Å². The highest BCUT2D eigenvalue weighted by Gasteiger charge is 2.38. The zero-order chi connectivity index (χ0) is 21.0. The van der Waals surface area contributed by atoms with E-state index in [1.54, 1.807) is 6.08 Å². The molecule has 0 spiro atoms. The van der Waals surface area contributed by atoms with E-state index in [9.17, 15) is 26.7 Å². The molecule has 0 aliphatic heterocycles. The van der Waals surface area contributed by atoms with Crippen LogP contribution in [0, 0.1) is 17.6 Å². The van der Waals surface area contributed by atoms with Crippen LogP contribution in [0.5, 0.6) is 0 Å². The monoisotopic (exact) mass is 414 g/mol. The second-order valence-corrected chi connectivity index (χ2v) is 6.94. The zero-order valence-corrected chi connectivity index (χ0v) is 15.4. The zero-order valence-electron chi connectivity index (χ0n) is 15.4. The van der Waals surface area contributed by atoms with Crippen LogP contribution in [-0.2, 0) is 15.8 Å². The number of amidine groups is 1. The highest BCUT2D eigenvalue weighted by Crippen LogP contribution is 2.34. The van der Waals surface area contributed by atoms with E-state index in [4.69, 9.17) is 4.84 Å². The number of carbonyl (C=O) groups is 1. The summed E-state index contributed by atoms with van der Waals surface area (Å²) in [7, 11) is 0. The van der Waals surface area contributed by atoms with Crippen LogP contribution < -0.4 is 5.32 Å². The third kappa shape index (κ3) is 5.65. The Kier molecular flexibility index (Phi) is 6.34. The first-order valence-electron chi connectivity index (χ1n) is 9.16. The predicted octanol–water partition coefficient (Wildman–Crippen LogP) is 4.85. The summed E-state index contributed by atoms with van der Waals surface area (Å²) in [6.07, 6.45) is 3.63. The topological polar surface area (TPSA) is 50.7 Å². The first-order valence-corrected chi connectivity index (χ1v) is 9.16. The molecule has 1 aromatic carbocycles. The lowest BCUT2D eigenvalue weighted by atomic mass is 10.0. The molecule has 0 saturated heterocycles. The summed E-state index contributed by atoms with van der Waals surface area (Å²) in [6.45, 7) is 0.117. The van der Waals surface area contributed by atoms with E-state index in [0.717, 1.165) is 25.7 Å².